The molecule has 1 saturated carbocycles. The molecule has 3 unspecified atom stereocenters. The van der Waals surface area contributed by atoms with Gasteiger partial charge >= 0.3 is 0 Å². The molecule has 1 amide bonds. The van der Waals surface area contributed by atoms with Crippen molar-refractivity contribution in [2.24, 2.45) is 11.8 Å². The van der Waals surface area contributed by atoms with E-state index in [1.807, 2.05) is 7.05 Å². The van der Waals surface area contributed by atoms with Crippen molar-refractivity contribution in [1.29, 1.82) is 0 Å². The van der Waals surface area contributed by atoms with Gasteiger partial charge in [0.15, 0.2) is 0 Å². The van der Waals surface area contributed by atoms with Crippen LogP contribution in [0.4, 0.5) is 0 Å². The Morgan fingerprint density at radius 1 is 1.14 bits per heavy atom. The molecule has 21 heavy (non-hydrogen) atoms. The standard InChI is InChI=1S/C17H25N3O/c1-18-11-13-8-6-12(7-9-13)10-16-14-4-2-3-5-15(14)17(21)20-19-16/h6-9,14-16,18-19H,2-5,10-11H2,1H3,(H,20,21). The Balaban J connectivity index is 1.67. The lowest BCUT2D eigenvalue weighted by molar-refractivity contribution is -0.133. The molecular weight excluding hydrogens is 262 g/mol. The number of rotatable bonds is 4. The summed E-state index contributed by atoms with van der Waals surface area (Å²) in [6, 6.07) is 9.16. The summed E-state index contributed by atoms with van der Waals surface area (Å²) in [5.74, 6) is 0.901. The summed E-state index contributed by atoms with van der Waals surface area (Å²) in [6.45, 7) is 0.905. The van der Waals surface area contributed by atoms with Crippen molar-refractivity contribution < 1.29 is 4.79 Å². The van der Waals surface area contributed by atoms with Crippen molar-refractivity contribution in [3.8, 4) is 0 Å². The topological polar surface area (TPSA) is 53.2 Å². The summed E-state index contributed by atoms with van der Waals surface area (Å²) in [5, 5.41) is 3.17. The van der Waals surface area contributed by atoms with Gasteiger partial charge in [-0.25, -0.2) is 5.43 Å². The molecule has 0 aromatic heterocycles. The first-order valence-corrected chi connectivity index (χ1v) is 8.05. The molecule has 2 aliphatic rings. The molecule has 2 fully saturated rings. The van der Waals surface area contributed by atoms with Crippen LogP contribution in [0, 0.1) is 11.8 Å². The van der Waals surface area contributed by atoms with Crippen LogP contribution in [0.15, 0.2) is 24.3 Å². The summed E-state index contributed by atoms with van der Waals surface area (Å²) in [6.07, 6.45) is 5.67. The van der Waals surface area contributed by atoms with Crippen LogP contribution >= 0.6 is 0 Å². The van der Waals surface area contributed by atoms with Crippen LogP contribution in [0.2, 0.25) is 0 Å². The van der Waals surface area contributed by atoms with Crippen LogP contribution in [-0.4, -0.2) is 19.0 Å². The zero-order valence-corrected chi connectivity index (χ0v) is 12.7. The highest BCUT2D eigenvalue weighted by Gasteiger charge is 2.39. The maximum atomic E-state index is 12.0. The van der Waals surface area contributed by atoms with E-state index in [9.17, 15) is 4.79 Å². The Labute approximate surface area is 126 Å². The minimum Gasteiger partial charge on any atom is -0.316 e. The van der Waals surface area contributed by atoms with Crippen LogP contribution in [-0.2, 0) is 17.8 Å². The van der Waals surface area contributed by atoms with Gasteiger partial charge in [-0.05, 0) is 43.4 Å². The molecule has 1 saturated heterocycles. The van der Waals surface area contributed by atoms with Gasteiger partial charge in [0, 0.05) is 18.5 Å². The van der Waals surface area contributed by atoms with Crippen molar-refractivity contribution in [3.63, 3.8) is 0 Å². The van der Waals surface area contributed by atoms with E-state index in [4.69, 9.17) is 0 Å². The predicted molar refractivity (Wildman–Crippen MR) is 83.4 cm³/mol. The van der Waals surface area contributed by atoms with E-state index in [1.165, 1.54) is 30.4 Å². The van der Waals surface area contributed by atoms with Crippen LogP contribution < -0.4 is 16.2 Å². The smallest absolute Gasteiger partial charge is 0.237 e. The first-order chi connectivity index (χ1) is 10.3. The molecule has 1 aliphatic carbocycles. The molecule has 3 rings (SSSR count). The van der Waals surface area contributed by atoms with Crippen molar-refractivity contribution >= 4 is 5.91 Å². The van der Waals surface area contributed by atoms with E-state index in [2.05, 4.69) is 40.4 Å². The molecule has 1 aromatic rings. The molecule has 0 radical (unpaired) electrons. The highest BCUT2D eigenvalue weighted by Crippen LogP contribution is 2.35. The van der Waals surface area contributed by atoms with E-state index < -0.39 is 0 Å². The highest BCUT2D eigenvalue weighted by atomic mass is 16.2. The highest BCUT2D eigenvalue weighted by molar-refractivity contribution is 5.79. The lowest BCUT2D eigenvalue weighted by atomic mass is 9.72. The third kappa shape index (κ3) is 3.27. The van der Waals surface area contributed by atoms with Gasteiger partial charge in [0.05, 0.1) is 0 Å². The number of hydrogen-bond acceptors (Lipinski definition) is 3. The van der Waals surface area contributed by atoms with E-state index in [1.54, 1.807) is 0 Å². The van der Waals surface area contributed by atoms with Crippen LogP contribution in [0.25, 0.3) is 0 Å². The SMILES string of the molecule is CNCc1ccc(CC2NNC(=O)C3CCCCC23)cc1. The first-order valence-electron chi connectivity index (χ1n) is 8.05. The number of amides is 1. The van der Waals surface area contributed by atoms with Gasteiger partial charge < -0.3 is 5.32 Å². The van der Waals surface area contributed by atoms with Gasteiger partial charge in [0.2, 0.25) is 5.91 Å². The molecule has 4 heteroatoms. The van der Waals surface area contributed by atoms with E-state index >= 15 is 0 Å². The van der Waals surface area contributed by atoms with Crippen molar-refractivity contribution in [1.82, 2.24) is 16.2 Å². The minimum atomic E-state index is 0.195. The molecule has 3 atom stereocenters. The average molecular weight is 287 g/mol. The van der Waals surface area contributed by atoms with Crippen molar-refractivity contribution in [2.45, 2.75) is 44.7 Å². The summed E-state index contributed by atoms with van der Waals surface area (Å²) >= 11 is 0. The summed E-state index contributed by atoms with van der Waals surface area (Å²) < 4.78 is 0. The maximum absolute atomic E-state index is 12.0. The molecule has 0 spiro atoms. The zero-order chi connectivity index (χ0) is 14.7. The molecule has 4 nitrogen and oxygen atoms in total. The molecule has 114 valence electrons. The van der Waals surface area contributed by atoms with Crippen LogP contribution in [0.1, 0.15) is 36.8 Å². The minimum absolute atomic E-state index is 0.195. The van der Waals surface area contributed by atoms with Crippen LogP contribution in [0.3, 0.4) is 0 Å². The van der Waals surface area contributed by atoms with Gasteiger partial charge in [-0.3, -0.25) is 10.2 Å². The third-order valence-corrected chi connectivity index (χ3v) is 4.91. The lowest BCUT2D eigenvalue weighted by Crippen LogP contribution is -2.60. The first kappa shape index (κ1) is 14.5. The Morgan fingerprint density at radius 3 is 2.62 bits per heavy atom. The van der Waals surface area contributed by atoms with Crippen molar-refractivity contribution in [3.05, 3.63) is 35.4 Å². The molecule has 1 aliphatic heterocycles. The van der Waals surface area contributed by atoms with Gasteiger partial charge in [0.25, 0.3) is 0 Å². The monoisotopic (exact) mass is 287 g/mol. The summed E-state index contributed by atoms with van der Waals surface area (Å²) in [4.78, 5) is 12.0. The predicted octanol–water partition coefficient (Wildman–Crippen LogP) is 1.76. The fourth-order valence-electron chi connectivity index (χ4n) is 3.78. The summed E-state index contributed by atoms with van der Waals surface area (Å²) in [7, 11) is 1.96. The van der Waals surface area contributed by atoms with Gasteiger partial charge in [-0.1, -0.05) is 37.1 Å². The molecular formula is C17H25N3O. The number of carbonyl (C=O) groups is 1. The Kier molecular flexibility index (Phi) is 4.56. The van der Waals surface area contributed by atoms with E-state index in [-0.39, 0.29) is 11.8 Å². The second-order valence-electron chi connectivity index (χ2n) is 6.35. The fourth-order valence-corrected chi connectivity index (χ4v) is 3.78. The maximum Gasteiger partial charge on any atom is 0.237 e. The normalized spacial score (nSPS) is 28.8. The van der Waals surface area contributed by atoms with Crippen LogP contribution in [0.5, 0.6) is 0 Å². The number of fused-ring (bicyclic) bond motifs is 1. The summed E-state index contributed by atoms with van der Waals surface area (Å²) in [5.41, 5.74) is 8.78. The molecule has 3 N–H and O–H groups in total. The molecule has 0 bridgehead atoms. The van der Waals surface area contributed by atoms with Gasteiger partial charge in [0.1, 0.15) is 0 Å². The molecule has 1 aromatic carbocycles. The fraction of sp³-hybridized carbons (Fsp3) is 0.588. The largest absolute Gasteiger partial charge is 0.316 e. The Bertz CT molecular complexity index is 485. The number of nitrogens with one attached hydrogen (secondary N) is 3. The third-order valence-electron chi connectivity index (χ3n) is 4.91. The second kappa shape index (κ2) is 6.58. The second-order valence-corrected chi connectivity index (χ2v) is 6.35. The number of hydrogen-bond donors (Lipinski definition) is 3. The van der Waals surface area contributed by atoms with Crippen molar-refractivity contribution in [2.75, 3.05) is 7.05 Å². The number of carbonyl (C=O) groups excluding carboxylic acids is 1. The van der Waals surface area contributed by atoms with E-state index in [0.29, 0.717) is 12.0 Å². The Hall–Kier alpha value is -1.39. The van der Waals surface area contributed by atoms with Gasteiger partial charge in [-0.15, -0.1) is 0 Å². The average Bonchev–Trinajstić information content (AvgIpc) is 2.52. The van der Waals surface area contributed by atoms with E-state index in [0.717, 1.165) is 19.4 Å². The number of benzene rings is 1. The molecule has 1 heterocycles. The Morgan fingerprint density at radius 2 is 1.86 bits per heavy atom. The number of hydrazine groups is 1. The quantitative estimate of drug-likeness (QED) is 0.791. The zero-order valence-electron chi connectivity index (χ0n) is 12.7. The van der Waals surface area contributed by atoms with Gasteiger partial charge in [-0.2, -0.15) is 0 Å². The lowest BCUT2D eigenvalue weighted by Gasteiger charge is -2.41.